The molecule has 1 aliphatic rings. The Kier molecular flexibility index (Phi) is 2.93. The maximum Gasteiger partial charge on any atom is 0.146 e. The van der Waals surface area contributed by atoms with E-state index in [4.69, 9.17) is 23.2 Å². The molecule has 78 valence electrons. The summed E-state index contributed by atoms with van der Waals surface area (Å²) in [6.45, 7) is 0.448. The third-order valence-electron chi connectivity index (χ3n) is 1.95. The fourth-order valence-electron chi connectivity index (χ4n) is 1.29. The highest BCUT2D eigenvalue weighted by Crippen LogP contribution is 2.21. The lowest BCUT2D eigenvalue weighted by molar-refractivity contribution is 0.628. The molecule has 0 aliphatic carbocycles. The monoisotopic (exact) mass is 244 g/mol. The van der Waals surface area contributed by atoms with Crippen LogP contribution in [-0.2, 0) is 0 Å². The molecule has 0 amide bonds. The fraction of sp³-hybridized carbons (Fsp3) is 0.100. The third kappa shape index (κ3) is 2.49. The van der Waals surface area contributed by atoms with Gasteiger partial charge in [-0.05, 0) is 24.3 Å². The Morgan fingerprint density at radius 2 is 1.87 bits per heavy atom. The molecule has 0 bridgehead atoms. The normalized spacial score (nSPS) is 16.1. The van der Waals surface area contributed by atoms with Gasteiger partial charge in [0.15, 0.2) is 0 Å². The maximum absolute atomic E-state index is 12.7. The quantitative estimate of drug-likeness (QED) is 0.693. The van der Waals surface area contributed by atoms with Gasteiger partial charge in [0.1, 0.15) is 16.1 Å². The molecule has 0 unspecified atom stereocenters. The molecule has 1 aromatic carbocycles. The second-order valence-corrected chi connectivity index (χ2v) is 3.87. The summed E-state index contributed by atoms with van der Waals surface area (Å²) in [5.41, 5.74) is 0.822. The van der Waals surface area contributed by atoms with E-state index in [1.54, 1.807) is 23.2 Å². The average molecular weight is 245 g/mol. The number of hydrogen-bond donors (Lipinski definition) is 0. The summed E-state index contributed by atoms with van der Waals surface area (Å²) in [5.74, 6) is -0.273. The molecule has 2 rings (SSSR count). The van der Waals surface area contributed by atoms with E-state index in [-0.39, 0.29) is 5.82 Å². The van der Waals surface area contributed by atoms with Crippen LogP contribution in [0.1, 0.15) is 0 Å². The summed E-state index contributed by atoms with van der Waals surface area (Å²) >= 11 is 11.6. The van der Waals surface area contributed by atoms with Crippen LogP contribution in [0.5, 0.6) is 0 Å². The van der Waals surface area contributed by atoms with Gasteiger partial charge in [0.05, 0.1) is 6.54 Å². The van der Waals surface area contributed by atoms with Crippen molar-refractivity contribution in [1.82, 2.24) is 0 Å². The lowest BCUT2D eigenvalue weighted by Gasteiger charge is -2.22. The first kappa shape index (κ1) is 10.5. The second-order valence-electron chi connectivity index (χ2n) is 3.04. The Morgan fingerprint density at radius 1 is 1.20 bits per heavy atom. The lowest BCUT2D eigenvalue weighted by atomic mass is 10.3. The van der Waals surface area contributed by atoms with Gasteiger partial charge in [0.2, 0.25) is 0 Å². The molecule has 1 aliphatic heterocycles. The maximum atomic E-state index is 12.7. The van der Waals surface area contributed by atoms with Gasteiger partial charge < -0.3 is 4.90 Å². The number of halogens is 3. The van der Waals surface area contributed by atoms with Crippen LogP contribution >= 0.6 is 23.2 Å². The molecule has 0 saturated carbocycles. The van der Waals surface area contributed by atoms with E-state index in [2.05, 4.69) is 4.99 Å². The minimum absolute atomic E-state index is 0.273. The average Bonchev–Trinajstić information content (AvgIpc) is 2.17. The first-order valence-electron chi connectivity index (χ1n) is 4.28. The molecule has 2 nitrogen and oxygen atoms in total. The van der Waals surface area contributed by atoms with Crippen LogP contribution in [0.2, 0.25) is 0 Å². The Labute approximate surface area is 96.6 Å². The van der Waals surface area contributed by atoms with Crippen molar-refractivity contribution in [2.24, 2.45) is 4.99 Å². The first-order valence-corrected chi connectivity index (χ1v) is 5.03. The van der Waals surface area contributed by atoms with Gasteiger partial charge in [-0.2, -0.15) is 0 Å². The summed E-state index contributed by atoms with van der Waals surface area (Å²) < 4.78 is 12.7. The largest absolute Gasteiger partial charge is 0.338 e. The van der Waals surface area contributed by atoms with Crippen molar-refractivity contribution in [3.05, 3.63) is 41.4 Å². The number of nitrogens with zero attached hydrogens (tertiary/aromatic N) is 2. The Hall–Kier alpha value is -1.06. The number of benzene rings is 1. The molecule has 0 saturated heterocycles. The van der Waals surface area contributed by atoms with E-state index in [0.29, 0.717) is 16.9 Å². The van der Waals surface area contributed by atoms with Crippen molar-refractivity contribution in [2.45, 2.75) is 0 Å². The smallest absolute Gasteiger partial charge is 0.146 e. The highest BCUT2D eigenvalue weighted by atomic mass is 35.5. The Morgan fingerprint density at radius 3 is 2.47 bits per heavy atom. The van der Waals surface area contributed by atoms with Crippen LogP contribution in [0.3, 0.4) is 0 Å². The van der Waals surface area contributed by atoms with Gasteiger partial charge in [-0.3, -0.25) is 0 Å². The van der Waals surface area contributed by atoms with Gasteiger partial charge in [0.25, 0.3) is 0 Å². The third-order valence-corrected chi connectivity index (χ3v) is 2.34. The molecule has 0 aromatic heterocycles. The molecular weight excluding hydrogens is 238 g/mol. The van der Waals surface area contributed by atoms with Crippen molar-refractivity contribution >= 4 is 34.1 Å². The molecule has 1 heterocycles. The molecule has 0 N–H and O–H groups in total. The lowest BCUT2D eigenvalue weighted by Crippen LogP contribution is -2.24. The van der Waals surface area contributed by atoms with E-state index in [1.165, 1.54) is 12.1 Å². The Balaban J connectivity index is 2.26. The molecule has 1 aromatic rings. The topological polar surface area (TPSA) is 15.6 Å². The number of aliphatic imine (C=N–C) groups is 1. The molecular formula is C10H7Cl2FN2. The zero-order valence-corrected chi connectivity index (χ0v) is 9.13. The molecule has 5 heteroatoms. The molecule has 15 heavy (non-hydrogen) atoms. The van der Waals surface area contributed by atoms with Gasteiger partial charge in [-0.25, -0.2) is 9.38 Å². The summed E-state index contributed by atoms with van der Waals surface area (Å²) in [7, 11) is 0. The molecule has 0 fully saturated rings. The summed E-state index contributed by atoms with van der Waals surface area (Å²) in [6.07, 6.45) is 1.65. The van der Waals surface area contributed by atoms with Crippen molar-refractivity contribution in [1.29, 1.82) is 0 Å². The zero-order valence-electron chi connectivity index (χ0n) is 7.62. The summed E-state index contributed by atoms with van der Waals surface area (Å²) in [5, 5.41) is 0.724. The van der Waals surface area contributed by atoms with E-state index < -0.39 is 0 Å². The minimum atomic E-state index is -0.273. The Bertz CT molecular complexity index is 426. The van der Waals surface area contributed by atoms with Crippen LogP contribution < -0.4 is 4.90 Å². The molecule has 0 spiro atoms. The zero-order chi connectivity index (χ0) is 10.8. The summed E-state index contributed by atoms with van der Waals surface area (Å²) in [4.78, 5) is 5.67. The molecule has 0 radical (unpaired) electrons. The number of rotatable bonds is 1. The van der Waals surface area contributed by atoms with Gasteiger partial charge in [-0.1, -0.05) is 23.2 Å². The van der Waals surface area contributed by atoms with Crippen LogP contribution in [-0.4, -0.2) is 11.7 Å². The number of hydrogen-bond acceptors (Lipinski definition) is 2. The standard InChI is InChI=1S/C10H7Cl2FN2/c11-9-5-15(6-10(12)14-9)8-3-1-7(13)2-4-8/h1-5H,6H2. The van der Waals surface area contributed by atoms with E-state index in [9.17, 15) is 4.39 Å². The predicted molar refractivity (Wildman–Crippen MR) is 61.0 cm³/mol. The van der Waals surface area contributed by atoms with E-state index in [1.807, 2.05) is 0 Å². The predicted octanol–water partition coefficient (Wildman–Crippen LogP) is 3.32. The van der Waals surface area contributed by atoms with E-state index >= 15 is 0 Å². The van der Waals surface area contributed by atoms with Crippen LogP contribution in [0, 0.1) is 5.82 Å². The van der Waals surface area contributed by atoms with Crippen molar-refractivity contribution < 1.29 is 4.39 Å². The first-order chi connectivity index (χ1) is 7.15. The van der Waals surface area contributed by atoms with Gasteiger partial charge in [0, 0.05) is 11.9 Å². The van der Waals surface area contributed by atoms with Crippen LogP contribution in [0.25, 0.3) is 0 Å². The fourth-order valence-corrected chi connectivity index (χ4v) is 1.78. The van der Waals surface area contributed by atoms with Gasteiger partial charge in [-0.15, -0.1) is 0 Å². The van der Waals surface area contributed by atoms with E-state index in [0.717, 1.165) is 5.69 Å². The van der Waals surface area contributed by atoms with Crippen molar-refractivity contribution in [2.75, 3.05) is 11.4 Å². The van der Waals surface area contributed by atoms with Crippen molar-refractivity contribution in [3.63, 3.8) is 0 Å². The SMILES string of the molecule is Fc1ccc(N2C=C(Cl)N=C(Cl)C2)cc1. The van der Waals surface area contributed by atoms with Gasteiger partial charge >= 0.3 is 0 Å². The highest BCUT2D eigenvalue weighted by molar-refractivity contribution is 6.66. The molecule has 0 atom stereocenters. The second kappa shape index (κ2) is 4.21. The highest BCUT2D eigenvalue weighted by Gasteiger charge is 2.12. The summed E-state index contributed by atoms with van der Waals surface area (Å²) in [6, 6.07) is 6.09. The van der Waals surface area contributed by atoms with Crippen LogP contribution in [0.4, 0.5) is 10.1 Å². The minimum Gasteiger partial charge on any atom is -0.338 e. The van der Waals surface area contributed by atoms with Crippen LogP contribution in [0.15, 0.2) is 40.6 Å². The van der Waals surface area contributed by atoms with Crippen molar-refractivity contribution in [3.8, 4) is 0 Å². The number of anilines is 1.